The summed E-state index contributed by atoms with van der Waals surface area (Å²) in [4.78, 5) is 21.9. The van der Waals surface area contributed by atoms with Crippen LogP contribution in [-0.2, 0) is 17.9 Å². The molecular weight excluding hydrogens is 466 g/mol. The molecule has 0 radical (unpaired) electrons. The van der Waals surface area contributed by atoms with Crippen molar-refractivity contribution in [1.29, 1.82) is 0 Å². The lowest BCUT2D eigenvalue weighted by molar-refractivity contribution is -0.136. The van der Waals surface area contributed by atoms with Crippen LogP contribution in [-0.4, -0.2) is 40.6 Å². The molecule has 0 unspecified atom stereocenters. The molecule has 34 heavy (non-hydrogen) atoms. The number of hydrogen-bond acceptors (Lipinski definition) is 5. The van der Waals surface area contributed by atoms with Crippen molar-refractivity contribution < 1.29 is 9.90 Å². The lowest BCUT2D eigenvalue weighted by atomic mass is 10.1. The van der Waals surface area contributed by atoms with Gasteiger partial charge in [-0.25, -0.2) is 4.98 Å². The molecular formula is C27H36ClN3O2S. The summed E-state index contributed by atoms with van der Waals surface area (Å²) in [6.07, 6.45) is 7.67. The van der Waals surface area contributed by atoms with E-state index in [1.54, 1.807) is 17.4 Å². The number of rotatable bonds is 12. The number of allylic oxidation sites excluding steroid dienone is 5. The van der Waals surface area contributed by atoms with E-state index >= 15 is 0 Å². The van der Waals surface area contributed by atoms with Crippen LogP contribution in [0.3, 0.4) is 0 Å². The largest absolute Gasteiger partial charge is 0.481 e. The number of anilines is 1. The van der Waals surface area contributed by atoms with E-state index in [1.807, 2.05) is 51.1 Å². The molecule has 0 atom stereocenters. The Balaban J connectivity index is 0.00000199. The average molecular weight is 502 g/mol. The van der Waals surface area contributed by atoms with Crippen molar-refractivity contribution in [2.45, 2.75) is 53.1 Å². The number of carboxylic acids is 1. The van der Waals surface area contributed by atoms with Gasteiger partial charge in [0, 0.05) is 35.1 Å². The normalized spacial score (nSPS) is 14.1. The Morgan fingerprint density at radius 1 is 1.29 bits per heavy atom. The smallest absolute Gasteiger partial charge is 0.305 e. The van der Waals surface area contributed by atoms with E-state index in [9.17, 15) is 9.90 Å². The van der Waals surface area contributed by atoms with Crippen molar-refractivity contribution in [1.82, 2.24) is 9.88 Å². The lowest BCUT2D eigenvalue weighted by Gasteiger charge is -2.30. The molecule has 0 aliphatic carbocycles. The predicted octanol–water partition coefficient (Wildman–Crippen LogP) is 6.96. The SMILES string of the molecule is C=C/C=C(\C=C(\Cl)CC)c1nc(N(CCC(=O)O)Cc2ccccc2)sc1CN1CCC1.CC. The van der Waals surface area contributed by atoms with Crippen LogP contribution in [0.4, 0.5) is 5.13 Å². The van der Waals surface area contributed by atoms with Crippen LogP contribution >= 0.6 is 22.9 Å². The molecule has 2 heterocycles. The molecule has 184 valence electrons. The van der Waals surface area contributed by atoms with Gasteiger partial charge in [-0.05, 0) is 37.6 Å². The molecule has 1 aromatic heterocycles. The number of halogens is 1. The van der Waals surface area contributed by atoms with Crippen LogP contribution in [0, 0.1) is 0 Å². The summed E-state index contributed by atoms with van der Waals surface area (Å²) in [5, 5.41) is 10.9. The second-order valence-corrected chi connectivity index (χ2v) is 9.30. The number of aliphatic carboxylic acids is 1. The van der Waals surface area contributed by atoms with Crippen LogP contribution in [0.1, 0.15) is 56.2 Å². The third-order valence-corrected chi connectivity index (χ3v) is 6.78. The summed E-state index contributed by atoms with van der Waals surface area (Å²) in [6, 6.07) is 10.1. The lowest BCUT2D eigenvalue weighted by Crippen LogP contribution is -2.36. The third-order valence-electron chi connectivity index (χ3n) is 5.31. The quantitative estimate of drug-likeness (QED) is 0.318. The molecule has 1 aliphatic heterocycles. The van der Waals surface area contributed by atoms with E-state index in [4.69, 9.17) is 16.6 Å². The molecule has 1 fully saturated rings. The second-order valence-electron chi connectivity index (χ2n) is 7.75. The van der Waals surface area contributed by atoms with E-state index in [0.717, 1.165) is 57.9 Å². The van der Waals surface area contributed by atoms with E-state index in [2.05, 4.69) is 28.5 Å². The number of carboxylic acid groups (broad SMARTS) is 1. The monoisotopic (exact) mass is 501 g/mol. The maximum absolute atomic E-state index is 11.3. The van der Waals surface area contributed by atoms with Gasteiger partial charge in [-0.15, -0.1) is 0 Å². The Hall–Kier alpha value is -2.41. The van der Waals surface area contributed by atoms with E-state index in [-0.39, 0.29) is 6.42 Å². The zero-order valence-corrected chi connectivity index (χ0v) is 22.0. The molecule has 0 amide bonds. The molecule has 0 spiro atoms. The topological polar surface area (TPSA) is 56.7 Å². The fraction of sp³-hybridized carbons (Fsp3) is 0.407. The first-order valence-electron chi connectivity index (χ1n) is 11.9. The molecule has 1 aliphatic rings. The van der Waals surface area contributed by atoms with Crippen molar-refractivity contribution in [3.05, 3.63) is 76.3 Å². The molecule has 1 aromatic carbocycles. The minimum Gasteiger partial charge on any atom is -0.481 e. The fourth-order valence-corrected chi connectivity index (χ4v) is 4.69. The molecule has 1 N–H and O–H groups in total. The summed E-state index contributed by atoms with van der Waals surface area (Å²) >= 11 is 8.02. The molecule has 7 heteroatoms. The van der Waals surface area contributed by atoms with Gasteiger partial charge in [0.1, 0.15) is 0 Å². The molecule has 2 aromatic rings. The highest BCUT2D eigenvalue weighted by Gasteiger charge is 2.23. The highest BCUT2D eigenvalue weighted by molar-refractivity contribution is 7.15. The molecule has 0 bridgehead atoms. The number of thiazole rings is 1. The highest BCUT2D eigenvalue weighted by Crippen LogP contribution is 2.35. The minimum absolute atomic E-state index is 0.0557. The van der Waals surface area contributed by atoms with Gasteiger partial charge in [0.05, 0.1) is 12.1 Å². The van der Waals surface area contributed by atoms with Crippen molar-refractivity contribution in [3.8, 4) is 0 Å². The fourth-order valence-electron chi connectivity index (χ4n) is 3.42. The molecule has 3 rings (SSSR count). The standard InChI is InChI=1S/C25H30ClN3O2S.C2H6/c1-3-9-20(16-21(26)4-2)24-22(18-28-13-8-14-28)32-25(27-24)29(15-12-23(30)31)17-19-10-6-5-7-11-19;1-2/h3,5-7,9-11,16H,1,4,8,12-15,17-18H2,2H3,(H,30,31);1-2H3/b20-9+,21-16+;. The molecule has 0 saturated carbocycles. The Morgan fingerprint density at radius 2 is 2.00 bits per heavy atom. The van der Waals surface area contributed by atoms with Gasteiger partial charge in [-0.3, -0.25) is 9.69 Å². The summed E-state index contributed by atoms with van der Waals surface area (Å²) in [6.45, 7) is 13.9. The average Bonchev–Trinajstić information content (AvgIpc) is 3.24. The maximum Gasteiger partial charge on any atom is 0.305 e. The zero-order valence-electron chi connectivity index (χ0n) is 20.5. The van der Waals surface area contributed by atoms with E-state index in [1.165, 1.54) is 6.42 Å². The summed E-state index contributed by atoms with van der Waals surface area (Å²) in [7, 11) is 0. The van der Waals surface area contributed by atoms with Gasteiger partial charge >= 0.3 is 5.97 Å². The van der Waals surface area contributed by atoms with Gasteiger partial charge in [-0.1, -0.05) is 92.8 Å². The first-order chi connectivity index (χ1) is 16.5. The zero-order chi connectivity index (χ0) is 24.9. The Kier molecular flexibility index (Phi) is 12.1. The van der Waals surface area contributed by atoms with Crippen LogP contribution in [0.5, 0.6) is 0 Å². The third kappa shape index (κ3) is 8.42. The number of carbonyl (C=O) groups is 1. The van der Waals surface area contributed by atoms with Gasteiger partial charge in [0.25, 0.3) is 0 Å². The Bertz CT molecular complexity index is 981. The number of aromatic nitrogens is 1. The van der Waals surface area contributed by atoms with Crippen molar-refractivity contribution in [2.75, 3.05) is 24.5 Å². The van der Waals surface area contributed by atoms with Crippen LogP contribution in [0.2, 0.25) is 0 Å². The van der Waals surface area contributed by atoms with Crippen LogP contribution < -0.4 is 4.90 Å². The summed E-state index contributed by atoms with van der Waals surface area (Å²) < 4.78 is 0. The number of likely N-dealkylation sites (tertiary alicyclic amines) is 1. The van der Waals surface area contributed by atoms with Gasteiger partial charge in [0.2, 0.25) is 0 Å². The minimum atomic E-state index is -0.814. The van der Waals surface area contributed by atoms with Gasteiger partial charge in [-0.2, -0.15) is 0 Å². The van der Waals surface area contributed by atoms with Crippen LogP contribution in [0.15, 0.2) is 60.2 Å². The Labute approximate surface area is 213 Å². The number of hydrogen-bond donors (Lipinski definition) is 1. The van der Waals surface area contributed by atoms with Crippen LogP contribution in [0.25, 0.3) is 5.57 Å². The Morgan fingerprint density at radius 3 is 2.56 bits per heavy atom. The summed E-state index contributed by atoms with van der Waals surface area (Å²) in [5.41, 5.74) is 2.95. The maximum atomic E-state index is 11.3. The highest BCUT2D eigenvalue weighted by atomic mass is 35.5. The van der Waals surface area contributed by atoms with Crippen molar-refractivity contribution in [3.63, 3.8) is 0 Å². The van der Waals surface area contributed by atoms with Crippen molar-refractivity contribution >= 4 is 39.6 Å². The van der Waals surface area contributed by atoms with E-state index in [0.29, 0.717) is 13.1 Å². The van der Waals surface area contributed by atoms with E-state index < -0.39 is 5.97 Å². The van der Waals surface area contributed by atoms with Gasteiger partial charge in [0.15, 0.2) is 5.13 Å². The first kappa shape index (κ1) is 27.8. The number of benzene rings is 1. The molecule has 5 nitrogen and oxygen atoms in total. The first-order valence-corrected chi connectivity index (χ1v) is 13.1. The number of nitrogens with zero attached hydrogens (tertiary/aromatic N) is 3. The van der Waals surface area contributed by atoms with Gasteiger partial charge < -0.3 is 10.0 Å². The predicted molar refractivity (Wildman–Crippen MR) is 146 cm³/mol. The van der Waals surface area contributed by atoms with Crippen molar-refractivity contribution in [2.24, 2.45) is 0 Å². The summed E-state index contributed by atoms with van der Waals surface area (Å²) in [5.74, 6) is -0.814. The second kappa shape index (κ2) is 14.8. The molecule has 1 saturated heterocycles.